The fraction of sp³-hybridized carbons (Fsp3) is 0. The molecule has 2 aromatic rings. The van der Waals surface area contributed by atoms with Gasteiger partial charge in [-0.15, -0.1) is 0 Å². The second-order valence-corrected chi connectivity index (χ2v) is 6.74. The van der Waals surface area contributed by atoms with Gasteiger partial charge in [0.05, 0.1) is 9.93 Å². The Kier molecular flexibility index (Phi) is 4.08. The van der Waals surface area contributed by atoms with Gasteiger partial charge in [0, 0.05) is 16.7 Å². The standard InChI is InChI=1S/C14H7Cl2NO2S2/c15-7-1-3-9(10(16)5-7)11-4-2-8(19-11)6-12-13(18)17-14(20)21-12/h1-6H,(H,17,18,20)/b12-6-. The molecule has 0 bridgehead atoms. The third kappa shape index (κ3) is 3.16. The second-order valence-electron chi connectivity index (χ2n) is 4.18. The molecule has 1 aromatic heterocycles. The van der Waals surface area contributed by atoms with Crippen LogP contribution in [0.4, 0.5) is 0 Å². The molecule has 0 radical (unpaired) electrons. The van der Waals surface area contributed by atoms with Gasteiger partial charge in [0.1, 0.15) is 15.8 Å². The summed E-state index contributed by atoms with van der Waals surface area (Å²) in [5.41, 5.74) is 0.741. The van der Waals surface area contributed by atoms with Gasteiger partial charge in [-0.2, -0.15) is 0 Å². The summed E-state index contributed by atoms with van der Waals surface area (Å²) >= 11 is 18.1. The number of amides is 1. The number of benzene rings is 1. The van der Waals surface area contributed by atoms with Gasteiger partial charge in [0.25, 0.3) is 5.91 Å². The van der Waals surface area contributed by atoms with Crippen molar-refractivity contribution < 1.29 is 9.21 Å². The highest BCUT2D eigenvalue weighted by atomic mass is 35.5. The minimum atomic E-state index is -0.215. The lowest BCUT2D eigenvalue weighted by Crippen LogP contribution is -2.17. The van der Waals surface area contributed by atoms with Crippen LogP contribution in [-0.4, -0.2) is 10.2 Å². The molecule has 0 spiro atoms. The molecule has 0 atom stereocenters. The predicted octanol–water partition coefficient (Wildman–Crippen LogP) is 4.74. The molecule has 21 heavy (non-hydrogen) atoms. The van der Waals surface area contributed by atoms with E-state index in [1.165, 1.54) is 11.8 Å². The van der Waals surface area contributed by atoms with Crippen molar-refractivity contribution in [1.82, 2.24) is 5.32 Å². The molecule has 1 aliphatic heterocycles. The van der Waals surface area contributed by atoms with E-state index in [4.69, 9.17) is 39.8 Å². The maximum Gasteiger partial charge on any atom is 0.263 e. The number of thioether (sulfide) groups is 1. The van der Waals surface area contributed by atoms with Gasteiger partial charge in [0.2, 0.25) is 0 Å². The Morgan fingerprint density at radius 3 is 2.71 bits per heavy atom. The van der Waals surface area contributed by atoms with E-state index in [0.717, 1.165) is 5.56 Å². The maximum atomic E-state index is 11.6. The molecule has 106 valence electrons. The zero-order valence-corrected chi connectivity index (χ0v) is 13.5. The fourth-order valence-electron chi connectivity index (χ4n) is 1.81. The van der Waals surface area contributed by atoms with Crippen molar-refractivity contribution in [2.24, 2.45) is 0 Å². The van der Waals surface area contributed by atoms with Crippen LogP contribution < -0.4 is 5.32 Å². The summed E-state index contributed by atoms with van der Waals surface area (Å²) in [7, 11) is 0. The number of rotatable bonds is 2. The maximum absolute atomic E-state index is 11.6. The van der Waals surface area contributed by atoms with Gasteiger partial charge in [-0.05, 0) is 30.3 Å². The number of carbonyl (C=O) groups is 1. The lowest BCUT2D eigenvalue weighted by Gasteiger charge is -2.00. The topological polar surface area (TPSA) is 42.2 Å². The van der Waals surface area contributed by atoms with Crippen LogP contribution in [-0.2, 0) is 4.79 Å². The van der Waals surface area contributed by atoms with Gasteiger partial charge in [-0.25, -0.2) is 0 Å². The Morgan fingerprint density at radius 1 is 1.24 bits per heavy atom. The van der Waals surface area contributed by atoms with Crippen molar-refractivity contribution in [2.75, 3.05) is 0 Å². The lowest BCUT2D eigenvalue weighted by molar-refractivity contribution is -0.115. The summed E-state index contributed by atoms with van der Waals surface area (Å²) < 4.78 is 6.14. The highest BCUT2D eigenvalue weighted by molar-refractivity contribution is 8.26. The van der Waals surface area contributed by atoms with Crippen LogP contribution in [0, 0.1) is 0 Å². The molecule has 1 amide bonds. The van der Waals surface area contributed by atoms with Crippen molar-refractivity contribution in [3.63, 3.8) is 0 Å². The van der Waals surface area contributed by atoms with Crippen molar-refractivity contribution in [3.05, 3.63) is 51.0 Å². The summed E-state index contributed by atoms with van der Waals surface area (Å²) in [6.45, 7) is 0. The SMILES string of the molecule is O=C1NC(=S)S/C1=C\c1ccc(-c2ccc(Cl)cc2Cl)o1. The molecule has 1 saturated heterocycles. The highest BCUT2D eigenvalue weighted by Crippen LogP contribution is 2.33. The number of thiocarbonyl (C=S) groups is 1. The number of carbonyl (C=O) groups excluding carboxylic acids is 1. The normalized spacial score (nSPS) is 16.6. The van der Waals surface area contributed by atoms with Crippen LogP contribution in [0.1, 0.15) is 5.76 Å². The van der Waals surface area contributed by atoms with Crippen LogP contribution in [0.2, 0.25) is 10.0 Å². The lowest BCUT2D eigenvalue weighted by atomic mass is 10.2. The minimum Gasteiger partial charge on any atom is -0.457 e. The Labute approximate surface area is 140 Å². The molecule has 1 fully saturated rings. The molecular weight excluding hydrogens is 349 g/mol. The van der Waals surface area contributed by atoms with Crippen molar-refractivity contribution in [1.29, 1.82) is 0 Å². The first kappa shape index (κ1) is 14.7. The Bertz CT molecular complexity index is 783. The Hall–Kier alpha value is -1.27. The van der Waals surface area contributed by atoms with E-state index in [1.54, 1.807) is 36.4 Å². The molecule has 1 aliphatic rings. The fourth-order valence-corrected chi connectivity index (χ4v) is 3.34. The molecule has 0 aliphatic carbocycles. The van der Waals surface area contributed by atoms with E-state index >= 15 is 0 Å². The molecule has 0 saturated carbocycles. The third-order valence-electron chi connectivity index (χ3n) is 2.74. The summed E-state index contributed by atoms with van der Waals surface area (Å²) in [4.78, 5) is 12.1. The van der Waals surface area contributed by atoms with Gasteiger partial charge >= 0.3 is 0 Å². The minimum absolute atomic E-state index is 0.215. The molecule has 0 unspecified atom stereocenters. The van der Waals surface area contributed by atoms with E-state index in [2.05, 4.69) is 5.32 Å². The van der Waals surface area contributed by atoms with E-state index in [1.807, 2.05) is 0 Å². The largest absolute Gasteiger partial charge is 0.457 e. The predicted molar refractivity (Wildman–Crippen MR) is 90.5 cm³/mol. The van der Waals surface area contributed by atoms with E-state index in [-0.39, 0.29) is 5.91 Å². The quantitative estimate of drug-likeness (QED) is 0.623. The summed E-state index contributed by atoms with van der Waals surface area (Å²) in [5, 5.41) is 3.62. The molecule has 2 heterocycles. The van der Waals surface area contributed by atoms with E-state index in [9.17, 15) is 4.79 Å². The van der Waals surface area contributed by atoms with Gasteiger partial charge < -0.3 is 9.73 Å². The number of hydrogen-bond donors (Lipinski definition) is 1. The summed E-state index contributed by atoms with van der Waals surface area (Å²) in [5.74, 6) is 0.945. The number of halogens is 2. The zero-order chi connectivity index (χ0) is 15.0. The van der Waals surface area contributed by atoms with Crippen LogP contribution in [0.5, 0.6) is 0 Å². The van der Waals surface area contributed by atoms with Gasteiger partial charge in [-0.1, -0.05) is 47.2 Å². The molecule has 1 N–H and O–H groups in total. The number of hydrogen-bond acceptors (Lipinski definition) is 4. The average molecular weight is 356 g/mol. The van der Waals surface area contributed by atoms with Crippen LogP contribution in [0.3, 0.4) is 0 Å². The molecular formula is C14H7Cl2NO2S2. The zero-order valence-electron chi connectivity index (χ0n) is 10.4. The number of nitrogens with one attached hydrogen (secondary N) is 1. The van der Waals surface area contributed by atoms with Gasteiger partial charge in [0.15, 0.2) is 0 Å². The summed E-state index contributed by atoms with van der Waals surface area (Å²) in [6.07, 6.45) is 1.65. The van der Waals surface area contributed by atoms with Crippen LogP contribution >= 0.6 is 47.2 Å². The van der Waals surface area contributed by atoms with Crippen molar-refractivity contribution in [3.8, 4) is 11.3 Å². The number of furan rings is 1. The van der Waals surface area contributed by atoms with Crippen molar-refractivity contribution >= 4 is 63.5 Å². The van der Waals surface area contributed by atoms with E-state index < -0.39 is 0 Å². The van der Waals surface area contributed by atoms with Crippen LogP contribution in [0.25, 0.3) is 17.4 Å². The Morgan fingerprint density at radius 2 is 2.05 bits per heavy atom. The first-order valence-electron chi connectivity index (χ1n) is 5.83. The molecule has 3 nitrogen and oxygen atoms in total. The molecule has 7 heteroatoms. The molecule has 3 rings (SSSR count). The monoisotopic (exact) mass is 355 g/mol. The third-order valence-corrected chi connectivity index (χ3v) is 4.45. The van der Waals surface area contributed by atoms with Gasteiger partial charge in [-0.3, -0.25) is 4.79 Å². The highest BCUT2D eigenvalue weighted by Gasteiger charge is 2.22. The first-order chi connectivity index (χ1) is 10.0. The molecule has 1 aromatic carbocycles. The second kappa shape index (κ2) is 5.85. The van der Waals surface area contributed by atoms with Crippen molar-refractivity contribution in [2.45, 2.75) is 0 Å². The Balaban J connectivity index is 1.92. The smallest absolute Gasteiger partial charge is 0.263 e. The summed E-state index contributed by atoms with van der Waals surface area (Å²) in [6, 6.07) is 8.73. The average Bonchev–Trinajstić information content (AvgIpc) is 2.97. The first-order valence-corrected chi connectivity index (χ1v) is 7.81. The van der Waals surface area contributed by atoms with Crippen LogP contribution in [0.15, 0.2) is 39.7 Å². The van der Waals surface area contributed by atoms with E-state index in [0.29, 0.717) is 30.8 Å².